The number of urea groups is 1. The third-order valence-corrected chi connectivity index (χ3v) is 5.19. The van der Waals surface area contributed by atoms with Crippen LogP contribution in [-0.4, -0.2) is 28.1 Å². The Morgan fingerprint density at radius 2 is 1.69 bits per heavy atom. The van der Waals surface area contributed by atoms with E-state index in [9.17, 15) is 9.90 Å². The lowest BCUT2D eigenvalue weighted by atomic mass is 10.0. The normalized spacial score (nSPS) is 12.8. The van der Waals surface area contributed by atoms with Crippen LogP contribution in [0.1, 0.15) is 42.7 Å². The van der Waals surface area contributed by atoms with Crippen molar-refractivity contribution in [3.05, 3.63) is 89.7 Å². The first-order valence-electron chi connectivity index (χ1n) is 9.73. The van der Waals surface area contributed by atoms with Crippen LogP contribution >= 0.6 is 0 Å². The van der Waals surface area contributed by atoms with Gasteiger partial charge in [-0.15, -0.1) is 0 Å². The van der Waals surface area contributed by atoms with Gasteiger partial charge in [-0.2, -0.15) is 0 Å². The Balaban J connectivity index is 1.63. The van der Waals surface area contributed by atoms with Crippen LogP contribution in [0.5, 0.6) is 0 Å². The molecular weight excluding hydrogens is 362 g/mol. The predicted molar refractivity (Wildman–Crippen MR) is 115 cm³/mol. The third kappa shape index (κ3) is 5.21. The fraction of sp³-hybridized carbons (Fsp3) is 0.250. The Morgan fingerprint density at radius 3 is 2.34 bits per heavy atom. The number of hydrogen-bond donors (Lipinski definition) is 2. The average Bonchev–Trinajstić information content (AvgIpc) is 2.77. The molecule has 0 saturated heterocycles. The molecule has 0 saturated carbocycles. The van der Waals surface area contributed by atoms with Crippen LogP contribution < -0.4 is 5.32 Å². The Labute approximate surface area is 172 Å². The molecule has 0 radical (unpaired) electrons. The number of rotatable bonds is 6. The highest BCUT2D eigenvalue weighted by Crippen LogP contribution is 2.25. The molecule has 1 heterocycles. The fourth-order valence-corrected chi connectivity index (χ4v) is 3.14. The monoisotopic (exact) mass is 389 g/mol. The maximum absolute atomic E-state index is 12.6. The fourth-order valence-electron chi connectivity index (χ4n) is 3.14. The van der Waals surface area contributed by atoms with Gasteiger partial charge >= 0.3 is 6.03 Å². The maximum Gasteiger partial charge on any atom is 0.317 e. The van der Waals surface area contributed by atoms with Gasteiger partial charge in [0.1, 0.15) is 0 Å². The molecule has 2 unspecified atom stereocenters. The van der Waals surface area contributed by atoms with E-state index in [0.717, 1.165) is 27.8 Å². The number of aliphatic hydroxyl groups is 1. The van der Waals surface area contributed by atoms with Gasteiger partial charge in [-0.1, -0.05) is 42.5 Å². The molecule has 0 bridgehead atoms. The van der Waals surface area contributed by atoms with Gasteiger partial charge in [0.25, 0.3) is 0 Å². The molecule has 1 aromatic heterocycles. The minimum Gasteiger partial charge on any atom is -0.389 e. The number of benzene rings is 2. The van der Waals surface area contributed by atoms with Crippen molar-refractivity contribution in [3.63, 3.8) is 0 Å². The number of pyridine rings is 1. The van der Waals surface area contributed by atoms with Crippen LogP contribution in [0.4, 0.5) is 4.79 Å². The van der Waals surface area contributed by atoms with Crippen LogP contribution in [0.15, 0.2) is 73.1 Å². The van der Waals surface area contributed by atoms with Gasteiger partial charge in [0, 0.05) is 26.0 Å². The molecule has 2 aromatic carbocycles. The van der Waals surface area contributed by atoms with Gasteiger partial charge < -0.3 is 15.3 Å². The summed E-state index contributed by atoms with van der Waals surface area (Å²) in [5.74, 6) is 0. The molecule has 0 aliphatic heterocycles. The second-order valence-electron chi connectivity index (χ2n) is 7.22. The number of hydrogen-bond acceptors (Lipinski definition) is 3. The first-order valence-corrected chi connectivity index (χ1v) is 9.73. The van der Waals surface area contributed by atoms with Crippen molar-refractivity contribution in [1.82, 2.24) is 15.2 Å². The maximum atomic E-state index is 12.6. The SMILES string of the molecule is CC(O)c1ccc(CNC(=O)N(C)C(C)c2cccc(-c3ccncc3)c2)cc1. The second-order valence-corrected chi connectivity index (χ2v) is 7.22. The first kappa shape index (κ1) is 20.6. The minimum atomic E-state index is -0.492. The van der Waals surface area contributed by atoms with Crippen molar-refractivity contribution >= 4 is 6.03 Å². The number of aliphatic hydroxyl groups excluding tert-OH is 1. The summed E-state index contributed by atoms with van der Waals surface area (Å²) in [7, 11) is 1.80. The van der Waals surface area contributed by atoms with Gasteiger partial charge in [0.05, 0.1) is 12.1 Å². The highest BCUT2D eigenvalue weighted by molar-refractivity contribution is 5.74. The highest BCUT2D eigenvalue weighted by Gasteiger charge is 2.17. The number of aromatic nitrogens is 1. The summed E-state index contributed by atoms with van der Waals surface area (Å²) in [4.78, 5) is 18.4. The first-order chi connectivity index (χ1) is 14.0. The summed E-state index contributed by atoms with van der Waals surface area (Å²) in [5.41, 5.74) is 5.12. The van der Waals surface area contributed by atoms with Crippen molar-refractivity contribution in [2.75, 3.05) is 7.05 Å². The molecule has 29 heavy (non-hydrogen) atoms. The van der Waals surface area contributed by atoms with E-state index in [-0.39, 0.29) is 12.1 Å². The zero-order valence-electron chi connectivity index (χ0n) is 17.0. The Morgan fingerprint density at radius 1 is 1.00 bits per heavy atom. The van der Waals surface area contributed by atoms with Gasteiger partial charge in [-0.3, -0.25) is 4.98 Å². The topological polar surface area (TPSA) is 65.5 Å². The molecule has 3 aromatic rings. The zero-order chi connectivity index (χ0) is 20.8. The predicted octanol–water partition coefficient (Wildman–Crippen LogP) is 4.70. The van der Waals surface area contributed by atoms with Crippen molar-refractivity contribution in [3.8, 4) is 11.1 Å². The molecule has 2 atom stereocenters. The molecule has 150 valence electrons. The molecule has 2 amide bonds. The van der Waals surface area contributed by atoms with Crippen molar-refractivity contribution < 1.29 is 9.90 Å². The quantitative estimate of drug-likeness (QED) is 0.642. The number of carbonyl (C=O) groups excluding carboxylic acids is 1. The number of carbonyl (C=O) groups is 1. The molecule has 0 spiro atoms. The van der Waals surface area contributed by atoms with Crippen molar-refractivity contribution in [2.24, 2.45) is 0 Å². The summed E-state index contributed by atoms with van der Waals surface area (Å²) in [6.07, 6.45) is 3.06. The van der Waals surface area contributed by atoms with E-state index in [1.807, 2.05) is 55.5 Å². The van der Waals surface area contributed by atoms with Crippen LogP contribution in [0.25, 0.3) is 11.1 Å². The van der Waals surface area contributed by atoms with E-state index in [0.29, 0.717) is 6.54 Å². The molecule has 2 N–H and O–H groups in total. The van der Waals surface area contributed by atoms with E-state index in [4.69, 9.17) is 0 Å². The Hall–Kier alpha value is -3.18. The smallest absolute Gasteiger partial charge is 0.317 e. The summed E-state index contributed by atoms with van der Waals surface area (Å²) in [5, 5.41) is 12.5. The summed E-state index contributed by atoms with van der Waals surface area (Å²) >= 11 is 0. The molecule has 0 fully saturated rings. The van der Waals surface area contributed by atoms with E-state index in [2.05, 4.69) is 22.4 Å². The average molecular weight is 389 g/mol. The summed E-state index contributed by atoms with van der Waals surface area (Å²) in [6, 6.07) is 19.6. The van der Waals surface area contributed by atoms with Crippen LogP contribution in [-0.2, 0) is 6.54 Å². The Bertz CT molecular complexity index is 940. The van der Waals surface area contributed by atoms with E-state index in [1.54, 1.807) is 31.3 Å². The molecule has 0 aliphatic rings. The lowest BCUT2D eigenvalue weighted by Crippen LogP contribution is -2.38. The van der Waals surface area contributed by atoms with Crippen LogP contribution in [0, 0.1) is 0 Å². The summed E-state index contributed by atoms with van der Waals surface area (Å²) < 4.78 is 0. The van der Waals surface area contributed by atoms with Gasteiger partial charge in [-0.25, -0.2) is 4.79 Å². The largest absolute Gasteiger partial charge is 0.389 e. The third-order valence-electron chi connectivity index (χ3n) is 5.19. The van der Waals surface area contributed by atoms with Crippen LogP contribution in [0.3, 0.4) is 0 Å². The van der Waals surface area contributed by atoms with E-state index < -0.39 is 6.10 Å². The second kappa shape index (κ2) is 9.34. The minimum absolute atomic E-state index is 0.0746. The molecular formula is C24H27N3O2. The lowest BCUT2D eigenvalue weighted by molar-refractivity contribution is 0.194. The number of nitrogens with zero attached hydrogens (tertiary/aromatic N) is 2. The number of nitrogens with one attached hydrogen (secondary N) is 1. The zero-order valence-corrected chi connectivity index (χ0v) is 17.0. The molecule has 5 heteroatoms. The van der Waals surface area contributed by atoms with Crippen molar-refractivity contribution in [2.45, 2.75) is 32.5 Å². The van der Waals surface area contributed by atoms with Gasteiger partial charge in [-0.05, 0) is 59.9 Å². The molecule has 5 nitrogen and oxygen atoms in total. The lowest BCUT2D eigenvalue weighted by Gasteiger charge is -2.26. The van der Waals surface area contributed by atoms with Crippen molar-refractivity contribution in [1.29, 1.82) is 0 Å². The highest BCUT2D eigenvalue weighted by atomic mass is 16.3. The van der Waals surface area contributed by atoms with Gasteiger partial charge in [0.2, 0.25) is 0 Å². The summed E-state index contributed by atoms with van der Waals surface area (Å²) in [6.45, 7) is 4.19. The molecule has 0 aliphatic carbocycles. The molecule has 3 rings (SSSR count). The standard InChI is InChI=1S/C24H27N3O2/c1-17(22-5-4-6-23(15-22)21-11-13-25-14-12-21)27(3)24(29)26-16-19-7-9-20(10-8-19)18(2)28/h4-15,17-18,28H,16H2,1-3H3,(H,26,29). The van der Waals surface area contributed by atoms with E-state index >= 15 is 0 Å². The van der Waals surface area contributed by atoms with Crippen LogP contribution in [0.2, 0.25) is 0 Å². The number of amides is 2. The van der Waals surface area contributed by atoms with Gasteiger partial charge in [0.15, 0.2) is 0 Å². The Kier molecular flexibility index (Phi) is 6.62. The van der Waals surface area contributed by atoms with E-state index in [1.165, 1.54) is 0 Å².